The molecular formula is C20H22N8O. The second-order valence-electron chi connectivity index (χ2n) is 7.38. The number of hydrogen-bond acceptors (Lipinski definition) is 7. The highest BCUT2D eigenvalue weighted by molar-refractivity contribution is 5.86. The molecule has 0 bridgehead atoms. The van der Waals surface area contributed by atoms with Crippen LogP contribution in [-0.4, -0.2) is 60.6 Å². The van der Waals surface area contributed by atoms with Crippen LogP contribution in [0.4, 0.5) is 5.82 Å². The van der Waals surface area contributed by atoms with E-state index in [9.17, 15) is 4.79 Å². The number of anilines is 1. The number of benzene rings is 1. The van der Waals surface area contributed by atoms with Crippen molar-refractivity contribution in [3.8, 4) is 0 Å². The first-order valence-electron chi connectivity index (χ1n) is 9.68. The highest BCUT2D eigenvalue weighted by atomic mass is 16.1. The zero-order valence-corrected chi connectivity index (χ0v) is 16.5. The predicted octanol–water partition coefficient (Wildman–Crippen LogP) is 1.16. The van der Waals surface area contributed by atoms with Gasteiger partial charge in [0.15, 0.2) is 5.65 Å². The van der Waals surface area contributed by atoms with Crippen LogP contribution >= 0.6 is 0 Å². The zero-order chi connectivity index (χ0) is 20.0. The molecule has 4 heterocycles. The van der Waals surface area contributed by atoms with E-state index in [1.165, 1.54) is 0 Å². The van der Waals surface area contributed by atoms with Crippen molar-refractivity contribution in [3.63, 3.8) is 0 Å². The summed E-state index contributed by atoms with van der Waals surface area (Å²) >= 11 is 0. The maximum atomic E-state index is 12.8. The van der Waals surface area contributed by atoms with E-state index in [0.29, 0.717) is 6.67 Å². The van der Waals surface area contributed by atoms with E-state index in [4.69, 9.17) is 0 Å². The zero-order valence-electron chi connectivity index (χ0n) is 16.5. The first-order valence-corrected chi connectivity index (χ1v) is 9.68. The summed E-state index contributed by atoms with van der Waals surface area (Å²) in [6.07, 6.45) is 3.41. The molecule has 1 aliphatic heterocycles. The van der Waals surface area contributed by atoms with Crippen LogP contribution in [0.5, 0.6) is 0 Å². The fourth-order valence-corrected chi connectivity index (χ4v) is 3.99. The van der Waals surface area contributed by atoms with Gasteiger partial charge >= 0.3 is 0 Å². The van der Waals surface area contributed by atoms with Crippen molar-refractivity contribution in [3.05, 3.63) is 52.8 Å². The van der Waals surface area contributed by atoms with Crippen molar-refractivity contribution in [2.45, 2.75) is 13.6 Å². The molecule has 0 amide bonds. The Bertz CT molecular complexity index is 1250. The van der Waals surface area contributed by atoms with Crippen LogP contribution in [0.15, 0.2) is 41.6 Å². The first-order chi connectivity index (χ1) is 14.1. The van der Waals surface area contributed by atoms with Gasteiger partial charge in [-0.1, -0.05) is 18.2 Å². The van der Waals surface area contributed by atoms with E-state index in [-0.39, 0.29) is 5.56 Å². The summed E-state index contributed by atoms with van der Waals surface area (Å²) in [7, 11) is 1.88. The van der Waals surface area contributed by atoms with Crippen LogP contribution in [0.1, 0.15) is 5.69 Å². The molecule has 0 spiro atoms. The topological polar surface area (TPSA) is 85.0 Å². The van der Waals surface area contributed by atoms with Crippen molar-refractivity contribution >= 4 is 27.6 Å². The minimum Gasteiger partial charge on any atom is -0.353 e. The van der Waals surface area contributed by atoms with Gasteiger partial charge in [-0.25, -0.2) is 14.6 Å². The van der Waals surface area contributed by atoms with E-state index < -0.39 is 0 Å². The molecule has 9 nitrogen and oxygen atoms in total. The van der Waals surface area contributed by atoms with Crippen LogP contribution in [-0.2, 0) is 13.7 Å². The van der Waals surface area contributed by atoms with Gasteiger partial charge in [-0.2, -0.15) is 10.2 Å². The average Bonchev–Trinajstić information content (AvgIpc) is 3.14. The Balaban J connectivity index is 1.34. The molecule has 0 radical (unpaired) electrons. The molecule has 0 saturated carbocycles. The predicted molar refractivity (Wildman–Crippen MR) is 111 cm³/mol. The lowest BCUT2D eigenvalue weighted by Gasteiger charge is -2.35. The van der Waals surface area contributed by atoms with Crippen LogP contribution in [0.25, 0.3) is 21.8 Å². The highest BCUT2D eigenvalue weighted by Gasteiger charge is 2.22. The van der Waals surface area contributed by atoms with E-state index in [0.717, 1.165) is 59.5 Å². The third kappa shape index (κ3) is 3.03. The number of rotatable bonds is 3. The summed E-state index contributed by atoms with van der Waals surface area (Å²) in [5.74, 6) is 0.916. The Morgan fingerprint density at radius 1 is 1.00 bits per heavy atom. The Kier molecular flexibility index (Phi) is 4.24. The van der Waals surface area contributed by atoms with Crippen molar-refractivity contribution < 1.29 is 0 Å². The molecule has 1 aromatic carbocycles. The molecule has 9 heteroatoms. The van der Waals surface area contributed by atoms with Gasteiger partial charge in [-0.15, -0.1) is 0 Å². The fourth-order valence-electron chi connectivity index (χ4n) is 3.99. The lowest BCUT2D eigenvalue weighted by atomic mass is 10.1. The maximum Gasteiger partial charge on any atom is 0.275 e. The van der Waals surface area contributed by atoms with Crippen LogP contribution in [0.3, 0.4) is 0 Å². The minimum absolute atomic E-state index is 0.0403. The standard InChI is InChI=1S/C20H22N8O/c1-14-15-5-3-4-6-16(15)20(29)28(24-14)13-26-7-9-27(10-8-26)19-17-11-23-25(2)18(17)21-12-22-19/h3-6,11-12H,7-10,13H2,1-2H3. The van der Waals surface area contributed by atoms with Gasteiger partial charge < -0.3 is 4.90 Å². The van der Waals surface area contributed by atoms with Gasteiger partial charge in [0.2, 0.25) is 0 Å². The van der Waals surface area contributed by atoms with Gasteiger partial charge in [-0.3, -0.25) is 14.4 Å². The summed E-state index contributed by atoms with van der Waals surface area (Å²) in [6.45, 7) is 5.73. The number of aromatic nitrogens is 6. The van der Waals surface area contributed by atoms with Gasteiger partial charge in [0, 0.05) is 38.6 Å². The molecule has 1 fully saturated rings. The Labute approximate surface area is 167 Å². The number of hydrogen-bond donors (Lipinski definition) is 0. The quantitative estimate of drug-likeness (QED) is 0.519. The molecule has 3 aromatic heterocycles. The molecule has 1 aliphatic rings. The molecule has 0 atom stereocenters. The monoisotopic (exact) mass is 390 g/mol. The molecule has 0 N–H and O–H groups in total. The average molecular weight is 390 g/mol. The van der Waals surface area contributed by atoms with Crippen LogP contribution < -0.4 is 10.5 Å². The number of piperazine rings is 1. The minimum atomic E-state index is -0.0403. The Morgan fingerprint density at radius 2 is 1.76 bits per heavy atom. The number of nitrogens with zero attached hydrogens (tertiary/aromatic N) is 8. The fraction of sp³-hybridized carbons (Fsp3) is 0.350. The van der Waals surface area contributed by atoms with E-state index in [1.807, 2.05) is 44.4 Å². The van der Waals surface area contributed by atoms with E-state index >= 15 is 0 Å². The lowest BCUT2D eigenvalue weighted by Crippen LogP contribution is -2.48. The van der Waals surface area contributed by atoms with Crippen molar-refractivity contribution in [1.82, 2.24) is 34.4 Å². The second-order valence-corrected chi connectivity index (χ2v) is 7.38. The van der Waals surface area contributed by atoms with Crippen molar-refractivity contribution in [2.24, 2.45) is 7.05 Å². The van der Waals surface area contributed by atoms with Gasteiger partial charge in [-0.05, 0) is 13.0 Å². The third-order valence-electron chi connectivity index (χ3n) is 5.57. The first kappa shape index (κ1) is 17.7. The van der Waals surface area contributed by atoms with Crippen molar-refractivity contribution in [1.29, 1.82) is 0 Å². The molecule has 29 heavy (non-hydrogen) atoms. The normalized spacial score (nSPS) is 15.4. The van der Waals surface area contributed by atoms with Gasteiger partial charge in [0.25, 0.3) is 5.56 Å². The van der Waals surface area contributed by atoms with Crippen molar-refractivity contribution in [2.75, 3.05) is 31.1 Å². The lowest BCUT2D eigenvalue weighted by molar-refractivity contribution is 0.191. The summed E-state index contributed by atoms with van der Waals surface area (Å²) in [4.78, 5) is 26.1. The van der Waals surface area contributed by atoms with Crippen LogP contribution in [0, 0.1) is 6.92 Å². The number of aryl methyl sites for hydroxylation is 2. The summed E-state index contributed by atoms with van der Waals surface area (Å²) < 4.78 is 3.34. The van der Waals surface area contributed by atoms with Crippen LogP contribution in [0.2, 0.25) is 0 Å². The Morgan fingerprint density at radius 3 is 2.55 bits per heavy atom. The number of fused-ring (bicyclic) bond motifs is 2. The Hall–Kier alpha value is -3.33. The second kappa shape index (κ2) is 6.93. The smallest absolute Gasteiger partial charge is 0.275 e. The molecule has 0 aliphatic carbocycles. The maximum absolute atomic E-state index is 12.8. The molecular weight excluding hydrogens is 368 g/mol. The molecule has 4 aromatic rings. The van der Waals surface area contributed by atoms with E-state index in [2.05, 4.69) is 30.0 Å². The van der Waals surface area contributed by atoms with Gasteiger partial charge in [0.1, 0.15) is 12.1 Å². The summed E-state index contributed by atoms with van der Waals surface area (Å²) in [6, 6.07) is 7.65. The van der Waals surface area contributed by atoms with E-state index in [1.54, 1.807) is 15.7 Å². The SMILES string of the molecule is Cc1nn(CN2CCN(c3ncnc4c3cnn4C)CC2)c(=O)c2ccccc12. The summed E-state index contributed by atoms with van der Waals surface area (Å²) in [5, 5.41) is 11.4. The molecule has 148 valence electrons. The largest absolute Gasteiger partial charge is 0.353 e. The molecule has 0 unspecified atom stereocenters. The third-order valence-corrected chi connectivity index (χ3v) is 5.57. The molecule has 5 rings (SSSR count). The summed E-state index contributed by atoms with van der Waals surface area (Å²) in [5.41, 5.74) is 1.67. The van der Waals surface area contributed by atoms with Gasteiger partial charge in [0.05, 0.1) is 29.3 Å². The molecule has 1 saturated heterocycles. The highest BCUT2D eigenvalue weighted by Crippen LogP contribution is 2.23.